The second-order valence-corrected chi connectivity index (χ2v) is 5.29. The van der Waals surface area contributed by atoms with Gasteiger partial charge in [0.15, 0.2) is 0 Å². The van der Waals surface area contributed by atoms with Gasteiger partial charge in [0.1, 0.15) is 0 Å². The molecule has 0 radical (unpaired) electrons. The average Bonchev–Trinajstić information content (AvgIpc) is 2.27. The third kappa shape index (κ3) is 8.77. The molecule has 1 aromatic heterocycles. The summed E-state index contributed by atoms with van der Waals surface area (Å²) in [5.41, 5.74) is 1.29. The monoisotopic (exact) mass is 241 g/mol. The molecule has 96 valence electrons. The minimum atomic E-state index is 1.15. The fourth-order valence-electron chi connectivity index (χ4n) is 1.47. The fourth-order valence-corrected chi connectivity index (χ4v) is 1.47. The number of likely N-dealkylation sites (N-methyl/N-ethyl adjacent to an activating group) is 2. The van der Waals surface area contributed by atoms with E-state index in [2.05, 4.69) is 99.7 Å². The standard InChI is InChI=1S/C7H9BN.C6H16N2.Li/c1-9(2)7-4-3-5-8-6-7;1-7(2)5-6-8(3)4;/h3-5H,1-2H3;5-6H2,1-4H3;. The van der Waals surface area contributed by atoms with Crippen LogP contribution in [0.4, 0.5) is 5.69 Å². The van der Waals surface area contributed by atoms with Crippen LogP contribution in [0.5, 0.6) is 0 Å². The first-order valence-corrected chi connectivity index (χ1v) is 6.37. The van der Waals surface area contributed by atoms with Crippen LogP contribution < -0.4 is 9.03 Å². The molecule has 0 saturated carbocycles. The summed E-state index contributed by atoms with van der Waals surface area (Å²) < 4.78 is 1.33. The van der Waals surface area contributed by atoms with E-state index < -0.39 is 0 Å². The third-order valence-corrected chi connectivity index (χ3v) is 2.59. The molecule has 1 heterocycles. The Kier molecular flexibility index (Phi) is 9.49. The van der Waals surface area contributed by atoms with Gasteiger partial charge in [-0.1, -0.05) is 0 Å². The van der Waals surface area contributed by atoms with Gasteiger partial charge in [0.05, 0.1) is 0 Å². The normalized spacial score (nSPS) is 10.1. The number of hydrogen-bond acceptors (Lipinski definition) is 3. The summed E-state index contributed by atoms with van der Waals surface area (Å²) in [6.45, 7) is 4.41. The van der Waals surface area contributed by atoms with Gasteiger partial charge in [-0.3, -0.25) is 0 Å². The van der Waals surface area contributed by atoms with Crippen molar-refractivity contribution >= 4 is 34.4 Å². The van der Waals surface area contributed by atoms with Crippen molar-refractivity contribution < 1.29 is 0 Å². The van der Waals surface area contributed by atoms with Gasteiger partial charge in [0.2, 0.25) is 0 Å². The Bertz CT molecular complexity index is 322. The van der Waals surface area contributed by atoms with Crippen molar-refractivity contribution in [3.8, 4) is 0 Å². The van der Waals surface area contributed by atoms with Gasteiger partial charge in [-0.2, -0.15) is 0 Å². The minimum absolute atomic E-state index is 1.15. The van der Waals surface area contributed by atoms with Crippen molar-refractivity contribution in [2.45, 2.75) is 0 Å². The Morgan fingerprint density at radius 1 is 1.00 bits per heavy atom. The van der Waals surface area contributed by atoms with Crippen molar-refractivity contribution in [1.82, 2.24) is 9.80 Å². The van der Waals surface area contributed by atoms with Gasteiger partial charge in [-0.25, -0.2) is 0 Å². The number of rotatable bonds is 4. The van der Waals surface area contributed by atoms with Gasteiger partial charge in [0, 0.05) is 13.1 Å². The first kappa shape index (κ1) is 17.7. The molecule has 0 bridgehead atoms. The number of anilines is 1. The third-order valence-electron chi connectivity index (χ3n) is 2.59. The molecule has 0 aliphatic rings. The second kappa shape index (κ2) is 9.63. The summed E-state index contributed by atoms with van der Waals surface area (Å²) in [5, 5.41) is 0. The molecule has 0 N–H and O–H groups in total. The predicted octanol–water partition coefficient (Wildman–Crippen LogP) is -0.00590. The molecule has 5 heteroatoms. The fraction of sp³-hybridized carbons (Fsp3) is 0.615. The van der Waals surface area contributed by atoms with Crippen LogP contribution in [0.1, 0.15) is 0 Å². The van der Waals surface area contributed by atoms with Gasteiger partial charge < -0.3 is 9.80 Å². The van der Waals surface area contributed by atoms with Crippen LogP contribution in [0.2, 0.25) is 0 Å². The SMILES string of the molecule is CN(C)CCN(C)C.[Li][c]1bcccc1N(C)C. The molecule has 0 amide bonds. The second-order valence-electron chi connectivity index (χ2n) is 5.29. The predicted molar refractivity (Wildman–Crippen MR) is 84.6 cm³/mol. The molecule has 0 fully saturated rings. The Hall–Kier alpha value is -0.268. The topological polar surface area (TPSA) is 9.72 Å². The molecule has 0 saturated heterocycles. The van der Waals surface area contributed by atoms with Crippen molar-refractivity contribution in [1.29, 1.82) is 0 Å². The molecule has 0 aromatic carbocycles. The summed E-state index contributed by atoms with van der Waals surface area (Å²) in [6.07, 6.45) is 0. The maximum absolute atomic E-state index is 2.18. The van der Waals surface area contributed by atoms with Crippen LogP contribution in [-0.4, -0.2) is 89.8 Å². The summed E-state index contributed by atoms with van der Waals surface area (Å²) in [4.78, 5) is 6.48. The molecule has 0 unspecified atom stereocenters. The first-order valence-electron chi connectivity index (χ1n) is 6.37. The Labute approximate surface area is 123 Å². The Morgan fingerprint density at radius 2 is 1.50 bits per heavy atom. The molecule has 0 aliphatic heterocycles. The average molecular weight is 241 g/mol. The van der Waals surface area contributed by atoms with Crippen LogP contribution in [0.3, 0.4) is 0 Å². The van der Waals surface area contributed by atoms with E-state index in [0.29, 0.717) is 0 Å². The van der Waals surface area contributed by atoms with Crippen LogP contribution in [-0.2, 0) is 0 Å². The molecule has 1 aromatic rings. The van der Waals surface area contributed by atoms with Crippen LogP contribution in [0.25, 0.3) is 0 Å². The molecule has 0 spiro atoms. The molecule has 0 aliphatic carbocycles. The first-order chi connectivity index (χ1) is 8.34. The maximum atomic E-state index is 2.18. The van der Waals surface area contributed by atoms with E-state index in [1.807, 2.05) is 0 Å². The number of nitrogens with zero attached hydrogens (tertiary/aromatic N) is 3. The van der Waals surface area contributed by atoms with Gasteiger partial charge in [-0.15, -0.1) is 0 Å². The van der Waals surface area contributed by atoms with Crippen molar-refractivity contribution in [2.75, 3.05) is 60.3 Å². The molecular weight excluding hydrogens is 216 g/mol. The Morgan fingerprint density at radius 3 is 1.78 bits per heavy atom. The molecule has 3 nitrogen and oxygen atoms in total. The van der Waals surface area contributed by atoms with Gasteiger partial charge in [-0.05, 0) is 28.2 Å². The molecular formula is C13H25BLiN3. The van der Waals surface area contributed by atoms with E-state index in [1.165, 1.54) is 9.82 Å². The van der Waals surface area contributed by atoms with Gasteiger partial charge in [0.25, 0.3) is 0 Å². The molecule has 0 atom stereocenters. The van der Waals surface area contributed by atoms with E-state index in [9.17, 15) is 0 Å². The Balaban J connectivity index is 0.000000331. The van der Waals surface area contributed by atoms with E-state index in [1.54, 1.807) is 0 Å². The number of hydrogen-bond donors (Lipinski definition) is 0. The molecule has 18 heavy (non-hydrogen) atoms. The van der Waals surface area contributed by atoms with Gasteiger partial charge >= 0.3 is 71.5 Å². The van der Waals surface area contributed by atoms with Crippen molar-refractivity contribution in [3.63, 3.8) is 0 Å². The van der Waals surface area contributed by atoms with E-state index in [4.69, 9.17) is 0 Å². The van der Waals surface area contributed by atoms with E-state index >= 15 is 0 Å². The van der Waals surface area contributed by atoms with Crippen molar-refractivity contribution in [2.24, 2.45) is 0 Å². The van der Waals surface area contributed by atoms with Crippen LogP contribution in [0.15, 0.2) is 18.1 Å². The summed E-state index contributed by atoms with van der Waals surface area (Å²) in [5.74, 6) is 2.06. The zero-order valence-electron chi connectivity index (χ0n) is 13.1. The summed E-state index contributed by atoms with van der Waals surface area (Å²) in [7, 11) is 12.5. The zero-order chi connectivity index (χ0) is 14.1. The molecule has 1 rings (SSSR count). The summed E-state index contributed by atoms with van der Waals surface area (Å²) >= 11 is 2.12. The van der Waals surface area contributed by atoms with Crippen molar-refractivity contribution in [3.05, 3.63) is 18.1 Å². The van der Waals surface area contributed by atoms with Crippen LogP contribution in [0, 0.1) is 0 Å². The van der Waals surface area contributed by atoms with E-state index in [-0.39, 0.29) is 0 Å². The summed E-state index contributed by atoms with van der Waals surface area (Å²) in [6, 6.07) is 4.18. The van der Waals surface area contributed by atoms with E-state index in [0.717, 1.165) is 13.1 Å². The van der Waals surface area contributed by atoms with Crippen LogP contribution >= 0.6 is 0 Å². The quantitative estimate of drug-likeness (QED) is 0.687. The zero-order valence-corrected chi connectivity index (χ0v) is 13.1.